The van der Waals surface area contributed by atoms with E-state index in [1.54, 1.807) is 0 Å². The number of fused-ring (bicyclic) bond motifs is 1. The summed E-state index contributed by atoms with van der Waals surface area (Å²) in [6.45, 7) is 0. The summed E-state index contributed by atoms with van der Waals surface area (Å²) in [6.07, 6.45) is -4.82. The van der Waals surface area contributed by atoms with Crippen molar-refractivity contribution >= 4 is 32.7 Å². The molecule has 0 unspecified atom stereocenters. The van der Waals surface area contributed by atoms with Gasteiger partial charge in [0.25, 0.3) is 0 Å². The van der Waals surface area contributed by atoms with E-state index in [1.165, 1.54) is 0 Å². The summed E-state index contributed by atoms with van der Waals surface area (Å²) in [6, 6.07) is 5.62. The van der Waals surface area contributed by atoms with E-state index in [1.807, 2.05) is 0 Å². The quantitative estimate of drug-likeness (QED) is 0.356. The van der Waals surface area contributed by atoms with Crippen molar-refractivity contribution in [2.75, 3.05) is 0 Å². The average molecular weight is 423 g/mol. The Morgan fingerprint density at radius 2 is 1.74 bits per heavy atom. The Morgan fingerprint density at radius 1 is 1.04 bits per heavy atom. The lowest BCUT2D eigenvalue weighted by Gasteiger charge is -2.11. The van der Waals surface area contributed by atoms with E-state index in [9.17, 15) is 30.8 Å². The van der Waals surface area contributed by atoms with Crippen molar-refractivity contribution in [2.45, 2.75) is 11.1 Å². The molecule has 0 bridgehead atoms. The Morgan fingerprint density at radius 3 is 2.37 bits per heavy atom. The minimum absolute atomic E-state index is 0.0430. The molecule has 0 fully saturated rings. The molecule has 142 valence electrons. The van der Waals surface area contributed by atoms with Crippen LogP contribution in [0.15, 0.2) is 56.6 Å². The number of rotatable bonds is 3. The summed E-state index contributed by atoms with van der Waals surface area (Å²) in [5.74, 6) is -1.64. The zero-order valence-electron chi connectivity index (χ0n) is 12.9. The molecule has 0 saturated carbocycles. The van der Waals surface area contributed by atoms with Gasteiger partial charge in [0.2, 0.25) is 0 Å². The van der Waals surface area contributed by atoms with Gasteiger partial charge in [0.05, 0.1) is 5.56 Å². The monoisotopic (exact) mass is 422 g/mol. The lowest BCUT2D eigenvalue weighted by molar-refractivity contribution is -0.136. The predicted molar refractivity (Wildman–Crippen MR) is 86.7 cm³/mol. The largest absolute Gasteiger partial charge is 0.423 e. The molecular formula is C16H7ClF4O5S. The molecule has 3 aromatic rings. The molecule has 0 amide bonds. The minimum Gasteiger partial charge on any atom is -0.423 e. The summed E-state index contributed by atoms with van der Waals surface area (Å²) >= 11 is 5.55. The second-order valence-electron chi connectivity index (χ2n) is 5.25. The van der Waals surface area contributed by atoms with Gasteiger partial charge >= 0.3 is 21.9 Å². The van der Waals surface area contributed by atoms with E-state index in [2.05, 4.69) is 4.42 Å². The average Bonchev–Trinajstić information content (AvgIpc) is 2.52. The first kappa shape index (κ1) is 19.2. The lowest BCUT2D eigenvalue weighted by Crippen LogP contribution is -2.13. The van der Waals surface area contributed by atoms with Crippen LogP contribution in [0.1, 0.15) is 5.56 Å². The summed E-state index contributed by atoms with van der Waals surface area (Å²) in [5.41, 5.74) is -3.07. The third-order valence-corrected chi connectivity index (χ3v) is 4.91. The molecule has 0 spiro atoms. The molecule has 0 atom stereocenters. The van der Waals surface area contributed by atoms with Gasteiger partial charge in [-0.25, -0.2) is 9.18 Å². The first-order valence-electron chi connectivity index (χ1n) is 7.02. The molecule has 3 rings (SSSR count). The molecule has 27 heavy (non-hydrogen) atoms. The standard InChI is InChI=1S/C16H7ClF4O5S/c17-8-1-4-14(12(18)5-8)27(23,24)26-9-2-3-10-11(16(19,20)21)7-15(22)25-13(10)6-9/h1-7H. The molecule has 0 aliphatic heterocycles. The maximum Gasteiger partial charge on any atom is 0.417 e. The number of hydrogen-bond donors (Lipinski definition) is 0. The van der Waals surface area contributed by atoms with Crippen molar-refractivity contribution in [1.82, 2.24) is 0 Å². The van der Waals surface area contributed by atoms with Crippen LogP contribution in [0.5, 0.6) is 5.75 Å². The van der Waals surface area contributed by atoms with Crippen LogP contribution in [-0.2, 0) is 16.3 Å². The van der Waals surface area contributed by atoms with Crippen molar-refractivity contribution in [1.29, 1.82) is 0 Å². The fourth-order valence-corrected chi connectivity index (χ4v) is 3.42. The van der Waals surface area contributed by atoms with E-state index < -0.39 is 54.9 Å². The summed E-state index contributed by atoms with van der Waals surface area (Å²) < 4.78 is 86.6. The molecule has 5 nitrogen and oxygen atoms in total. The lowest BCUT2D eigenvalue weighted by atomic mass is 10.1. The predicted octanol–water partition coefficient (Wildman–Crippen LogP) is 4.37. The zero-order chi connectivity index (χ0) is 20.0. The van der Waals surface area contributed by atoms with Crippen LogP contribution in [0.4, 0.5) is 17.6 Å². The van der Waals surface area contributed by atoms with Crippen molar-refractivity contribution in [3.05, 3.63) is 69.3 Å². The van der Waals surface area contributed by atoms with Crippen LogP contribution in [0.3, 0.4) is 0 Å². The first-order chi connectivity index (χ1) is 12.5. The number of benzene rings is 2. The van der Waals surface area contributed by atoms with E-state index in [0.717, 1.165) is 36.4 Å². The highest BCUT2D eigenvalue weighted by Crippen LogP contribution is 2.35. The number of halogens is 5. The maximum absolute atomic E-state index is 13.8. The maximum atomic E-state index is 13.8. The molecule has 0 N–H and O–H groups in total. The van der Waals surface area contributed by atoms with Crippen molar-refractivity contribution in [3.63, 3.8) is 0 Å². The summed E-state index contributed by atoms with van der Waals surface area (Å²) in [5, 5.41) is -0.511. The van der Waals surface area contributed by atoms with Crippen molar-refractivity contribution in [2.24, 2.45) is 0 Å². The topological polar surface area (TPSA) is 73.6 Å². The van der Waals surface area contributed by atoms with Crippen LogP contribution in [0.2, 0.25) is 5.02 Å². The van der Waals surface area contributed by atoms with Crippen LogP contribution < -0.4 is 9.81 Å². The fraction of sp³-hybridized carbons (Fsp3) is 0.0625. The zero-order valence-corrected chi connectivity index (χ0v) is 14.5. The van der Waals surface area contributed by atoms with E-state index in [0.29, 0.717) is 0 Å². The van der Waals surface area contributed by atoms with Gasteiger partial charge in [0.15, 0.2) is 0 Å². The molecule has 0 aliphatic carbocycles. The Labute approximate surface area is 153 Å². The number of hydrogen-bond acceptors (Lipinski definition) is 5. The van der Waals surface area contributed by atoms with Gasteiger partial charge in [-0.15, -0.1) is 0 Å². The minimum atomic E-state index is -4.82. The fourth-order valence-electron chi connectivity index (χ4n) is 2.28. The molecule has 1 aromatic heterocycles. The van der Waals surface area contributed by atoms with Gasteiger partial charge in [0, 0.05) is 22.5 Å². The van der Waals surface area contributed by atoms with Crippen molar-refractivity contribution in [3.8, 4) is 5.75 Å². The van der Waals surface area contributed by atoms with Crippen LogP contribution in [0, 0.1) is 5.82 Å². The first-order valence-corrected chi connectivity index (χ1v) is 8.81. The highest BCUT2D eigenvalue weighted by molar-refractivity contribution is 7.87. The van der Waals surface area contributed by atoms with E-state index in [-0.39, 0.29) is 11.1 Å². The Kier molecular flexibility index (Phi) is 4.64. The van der Waals surface area contributed by atoms with Gasteiger partial charge in [0.1, 0.15) is 22.0 Å². The smallest absolute Gasteiger partial charge is 0.417 e. The summed E-state index contributed by atoms with van der Waals surface area (Å²) in [4.78, 5) is 10.5. The Balaban J connectivity index is 2.07. The van der Waals surface area contributed by atoms with Crippen molar-refractivity contribution < 1.29 is 34.6 Å². The number of alkyl halides is 3. The molecule has 0 radical (unpaired) electrons. The summed E-state index contributed by atoms with van der Waals surface area (Å²) in [7, 11) is -4.65. The second kappa shape index (κ2) is 6.54. The Hall–Kier alpha value is -2.59. The third kappa shape index (κ3) is 3.91. The van der Waals surface area contributed by atoms with Gasteiger partial charge in [-0.1, -0.05) is 11.6 Å². The second-order valence-corrected chi connectivity index (χ2v) is 7.20. The van der Waals surface area contributed by atoms with Gasteiger partial charge in [-0.05, 0) is 30.3 Å². The molecule has 2 aromatic carbocycles. The van der Waals surface area contributed by atoms with E-state index >= 15 is 0 Å². The molecule has 0 aliphatic rings. The molecular weight excluding hydrogens is 416 g/mol. The van der Waals surface area contributed by atoms with Gasteiger partial charge < -0.3 is 8.60 Å². The van der Waals surface area contributed by atoms with Gasteiger partial charge in [-0.3, -0.25) is 0 Å². The Bertz CT molecular complexity index is 1200. The van der Waals surface area contributed by atoms with E-state index in [4.69, 9.17) is 15.8 Å². The molecule has 0 saturated heterocycles. The van der Waals surface area contributed by atoms with Crippen LogP contribution in [-0.4, -0.2) is 8.42 Å². The third-order valence-electron chi connectivity index (χ3n) is 3.39. The van der Waals surface area contributed by atoms with Crippen LogP contribution in [0.25, 0.3) is 11.0 Å². The SMILES string of the molecule is O=c1cc(C(F)(F)F)c2ccc(OS(=O)(=O)c3ccc(Cl)cc3F)cc2o1. The molecule has 1 heterocycles. The molecule has 11 heteroatoms. The van der Waals surface area contributed by atoms with Crippen LogP contribution >= 0.6 is 11.6 Å². The van der Waals surface area contributed by atoms with Gasteiger partial charge in [-0.2, -0.15) is 21.6 Å². The highest BCUT2D eigenvalue weighted by Gasteiger charge is 2.34. The normalized spacial score (nSPS) is 12.3. The highest BCUT2D eigenvalue weighted by atomic mass is 35.5.